The van der Waals surface area contributed by atoms with Gasteiger partial charge in [0.1, 0.15) is 16.8 Å². The van der Waals surface area contributed by atoms with Crippen molar-refractivity contribution in [3.63, 3.8) is 0 Å². The summed E-state index contributed by atoms with van der Waals surface area (Å²) in [4.78, 5) is 20.0. The molecular weight excluding hydrogens is 412 g/mol. The first-order valence-corrected chi connectivity index (χ1v) is 13.2. The van der Waals surface area contributed by atoms with E-state index in [-0.39, 0.29) is 22.9 Å². The number of sulfonamides is 1. The minimum atomic E-state index is -3.84. The van der Waals surface area contributed by atoms with Crippen molar-refractivity contribution >= 4 is 21.7 Å². The van der Waals surface area contributed by atoms with Crippen molar-refractivity contribution in [2.75, 3.05) is 18.0 Å². The number of aromatic nitrogens is 1. The first kappa shape index (κ1) is 22.5. The van der Waals surface area contributed by atoms with Crippen molar-refractivity contribution in [2.45, 2.75) is 89.2 Å². The van der Waals surface area contributed by atoms with Gasteiger partial charge in [0, 0.05) is 30.9 Å². The van der Waals surface area contributed by atoms with E-state index >= 15 is 0 Å². The SMILES string of the molecule is CCN(c1nc(C)ccc1S(=O)(=O)N1CCC[C@H]1C(=O)NC1CC2CCC1C2)C(C)C. The summed E-state index contributed by atoms with van der Waals surface area (Å²) in [7, 11) is -3.84. The summed E-state index contributed by atoms with van der Waals surface area (Å²) in [6, 6.07) is 3.09. The second kappa shape index (κ2) is 8.70. The van der Waals surface area contributed by atoms with Gasteiger partial charge in [-0.25, -0.2) is 13.4 Å². The van der Waals surface area contributed by atoms with Crippen molar-refractivity contribution in [3.05, 3.63) is 17.8 Å². The summed E-state index contributed by atoms with van der Waals surface area (Å²) in [5.41, 5.74) is 0.778. The molecule has 3 fully saturated rings. The molecule has 2 bridgehead atoms. The zero-order valence-corrected chi connectivity index (χ0v) is 20.0. The monoisotopic (exact) mass is 448 g/mol. The van der Waals surface area contributed by atoms with Gasteiger partial charge in [-0.15, -0.1) is 0 Å². The molecule has 1 aromatic heterocycles. The number of hydrogen-bond donors (Lipinski definition) is 1. The number of fused-ring (bicyclic) bond motifs is 2. The lowest BCUT2D eigenvalue weighted by atomic mass is 9.95. The highest BCUT2D eigenvalue weighted by Gasteiger charge is 2.44. The fourth-order valence-corrected chi connectivity index (χ4v) is 7.61. The van der Waals surface area contributed by atoms with Crippen LogP contribution in [0.5, 0.6) is 0 Å². The fraction of sp³-hybridized carbons (Fsp3) is 0.739. The molecule has 1 saturated heterocycles. The number of amides is 1. The Morgan fingerprint density at radius 3 is 2.65 bits per heavy atom. The first-order valence-electron chi connectivity index (χ1n) is 11.8. The number of nitrogens with zero attached hydrogens (tertiary/aromatic N) is 3. The van der Waals surface area contributed by atoms with Crippen LogP contribution < -0.4 is 10.2 Å². The lowest BCUT2D eigenvalue weighted by molar-refractivity contribution is -0.125. The van der Waals surface area contributed by atoms with Crippen LogP contribution in [0.1, 0.15) is 65.0 Å². The highest BCUT2D eigenvalue weighted by molar-refractivity contribution is 7.89. The zero-order valence-electron chi connectivity index (χ0n) is 19.2. The first-order chi connectivity index (χ1) is 14.7. The molecule has 1 aromatic rings. The molecule has 7 nitrogen and oxygen atoms in total. The molecule has 4 rings (SSSR count). The van der Waals surface area contributed by atoms with E-state index in [9.17, 15) is 13.2 Å². The average molecular weight is 449 g/mol. The Kier molecular flexibility index (Phi) is 6.32. The predicted molar refractivity (Wildman–Crippen MR) is 121 cm³/mol. The summed E-state index contributed by atoms with van der Waals surface area (Å²) in [5, 5.41) is 3.21. The normalized spacial score (nSPS) is 28.4. The van der Waals surface area contributed by atoms with Crippen molar-refractivity contribution < 1.29 is 13.2 Å². The molecule has 2 heterocycles. The number of aryl methyl sites for hydroxylation is 1. The van der Waals surface area contributed by atoms with Gasteiger partial charge in [0.05, 0.1) is 0 Å². The minimum Gasteiger partial charge on any atom is -0.353 e. The number of nitrogens with one attached hydrogen (secondary N) is 1. The molecule has 2 aliphatic carbocycles. The van der Waals surface area contributed by atoms with Crippen LogP contribution in [0, 0.1) is 18.8 Å². The van der Waals surface area contributed by atoms with Crippen LogP contribution in [0.2, 0.25) is 0 Å². The van der Waals surface area contributed by atoms with Gasteiger partial charge in [0.15, 0.2) is 0 Å². The summed E-state index contributed by atoms with van der Waals surface area (Å²) in [6.45, 7) is 8.97. The van der Waals surface area contributed by atoms with Gasteiger partial charge in [0.25, 0.3) is 0 Å². The van der Waals surface area contributed by atoms with Crippen molar-refractivity contribution in [3.8, 4) is 0 Å². The maximum atomic E-state index is 13.8. The molecule has 31 heavy (non-hydrogen) atoms. The second-order valence-corrected chi connectivity index (χ2v) is 11.6. The zero-order chi connectivity index (χ0) is 22.3. The molecule has 2 saturated carbocycles. The number of hydrogen-bond acceptors (Lipinski definition) is 5. The van der Waals surface area contributed by atoms with Gasteiger partial charge in [-0.2, -0.15) is 4.31 Å². The average Bonchev–Trinajstić information content (AvgIpc) is 3.45. The van der Waals surface area contributed by atoms with E-state index in [1.165, 1.54) is 23.6 Å². The van der Waals surface area contributed by atoms with E-state index < -0.39 is 16.1 Å². The molecule has 172 valence electrons. The number of carbonyl (C=O) groups is 1. The lowest BCUT2D eigenvalue weighted by Gasteiger charge is -2.31. The van der Waals surface area contributed by atoms with E-state index in [0.29, 0.717) is 37.7 Å². The Balaban J connectivity index is 1.60. The highest BCUT2D eigenvalue weighted by Crippen LogP contribution is 2.44. The van der Waals surface area contributed by atoms with Crippen LogP contribution >= 0.6 is 0 Å². The third kappa shape index (κ3) is 4.21. The van der Waals surface area contributed by atoms with Crippen LogP contribution in [-0.4, -0.2) is 54.8 Å². The standard InChI is InChI=1S/C23H36N4O3S/c1-5-26(15(2)3)22-21(11-8-16(4)24-22)31(29,30)27-12-6-7-20(27)23(28)25-19-14-17-9-10-18(19)13-17/h8,11,15,17-20H,5-7,9-10,12-14H2,1-4H3,(H,25,28)/t17?,18?,19?,20-/m0/s1. The second-order valence-electron chi connectivity index (χ2n) is 9.72. The molecule has 3 unspecified atom stereocenters. The fourth-order valence-electron chi connectivity index (χ4n) is 5.81. The quantitative estimate of drug-likeness (QED) is 0.693. The maximum Gasteiger partial charge on any atom is 0.247 e. The summed E-state index contributed by atoms with van der Waals surface area (Å²) in [5.74, 6) is 1.65. The van der Waals surface area contributed by atoms with Crippen LogP contribution in [0.15, 0.2) is 17.0 Å². The van der Waals surface area contributed by atoms with Crippen LogP contribution in [0.3, 0.4) is 0 Å². The topological polar surface area (TPSA) is 82.6 Å². The largest absolute Gasteiger partial charge is 0.353 e. The van der Waals surface area contributed by atoms with E-state index in [1.54, 1.807) is 12.1 Å². The Morgan fingerprint density at radius 1 is 1.26 bits per heavy atom. The molecule has 3 aliphatic rings. The number of carbonyl (C=O) groups excluding carboxylic acids is 1. The molecule has 4 atom stereocenters. The molecule has 0 aromatic carbocycles. The Bertz CT molecular complexity index is 933. The predicted octanol–water partition coefficient (Wildman–Crippen LogP) is 3.08. The van der Waals surface area contributed by atoms with E-state index in [4.69, 9.17) is 0 Å². The molecule has 0 radical (unpaired) electrons. The Labute approximate surface area is 186 Å². The lowest BCUT2D eigenvalue weighted by Crippen LogP contribution is -2.50. The van der Waals surface area contributed by atoms with Crippen molar-refractivity contribution in [2.24, 2.45) is 11.8 Å². The van der Waals surface area contributed by atoms with Crippen molar-refractivity contribution in [1.82, 2.24) is 14.6 Å². The highest BCUT2D eigenvalue weighted by atomic mass is 32.2. The third-order valence-electron chi connectivity index (χ3n) is 7.37. The van der Waals surface area contributed by atoms with Crippen LogP contribution in [0.4, 0.5) is 5.82 Å². The number of rotatable bonds is 7. The summed E-state index contributed by atoms with van der Waals surface area (Å²) in [6.07, 6.45) is 5.98. The third-order valence-corrected chi connectivity index (χ3v) is 9.30. The van der Waals surface area contributed by atoms with E-state index in [0.717, 1.165) is 18.0 Å². The molecular formula is C23H36N4O3S. The molecule has 1 amide bonds. The van der Waals surface area contributed by atoms with Crippen LogP contribution in [0.25, 0.3) is 0 Å². The number of pyridine rings is 1. The van der Waals surface area contributed by atoms with Crippen LogP contribution in [-0.2, 0) is 14.8 Å². The molecule has 0 spiro atoms. The summed E-state index contributed by atoms with van der Waals surface area (Å²) < 4.78 is 29.0. The van der Waals surface area contributed by atoms with E-state index in [2.05, 4.69) is 10.3 Å². The van der Waals surface area contributed by atoms with Gasteiger partial charge >= 0.3 is 0 Å². The van der Waals surface area contributed by atoms with Gasteiger partial charge in [0.2, 0.25) is 15.9 Å². The van der Waals surface area contributed by atoms with Gasteiger partial charge in [-0.3, -0.25) is 4.79 Å². The molecule has 1 N–H and O–H groups in total. The van der Waals surface area contributed by atoms with Gasteiger partial charge in [-0.05, 0) is 83.8 Å². The number of anilines is 1. The van der Waals surface area contributed by atoms with Gasteiger partial charge < -0.3 is 10.2 Å². The molecule has 1 aliphatic heterocycles. The maximum absolute atomic E-state index is 13.8. The molecule has 8 heteroatoms. The van der Waals surface area contributed by atoms with E-state index in [1.807, 2.05) is 32.6 Å². The van der Waals surface area contributed by atoms with Crippen molar-refractivity contribution in [1.29, 1.82) is 0 Å². The van der Waals surface area contributed by atoms with Gasteiger partial charge in [-0.1, -0.05) is 6.42 Å². The smallest absolute Gasteiger partial charge is 0.247 e. The Morgan fingerprint density at radius 2 is 2.03 bits per heavy atom. The Hall–Kier alpha value is -1.67. The summed E-state index contributed by atoms with van der Waals surface area (Å²) >= 11 is 0. The minimum absolute atomic E-state index is 0.115.